The van der Waals surface area contributed by atoms with E-state index in [0.29, 0.717) is 15.9 Å². The van der Waals surface area contributed by atoms with Crippen LogP contribution in [0, 0.1) is 16.0 Å². The lowest BCUT2D eigenvalue weighted by atomic mass is 9.80. The first kappa shape index (κ1) is 17.1. The second-order valence-corrected chi connectivity index (χ2v) is 7.49. The van der Waals surface area contributed by atoms with Gasteiger partial charge in [0.2, 0.25) is 0 Å². The second kappa shape index (κ2) is 5.82. The quantitative estimate of drug-likeness (QED) is 0.465. The van der Waals surface area contributed by atoms with E-state index >= 15 is 0 Å². The summed E-state index contributed by atoms with van der Waals surface area (Å²) in [5.41, 5.74) is 0.861. The van der Waals surface area contributed by atoms with Gasteiger partial charge in [0.25, 0.3) is 5.69 Å². The van der Waals surface area contributed by atoms with Crippen molar-refractivity contribution in [1.82, 2.24) is 5.32 Å². The number of fused-ring (bicyclic) bond motifs is 4. The summed E-state index contributed by atoms with van der Waals surface area (Å²) >= 11 is 11.8. The van der Waals surface area contributed by atoms with Crippen LogP contribution in [0.25, 0.3) is 0 Å². The minimum Gasteiger partial charge on any atom is -0.467 e. The third kappa shape index (κ3) is 2.42. The molecule has 0 aliphatic carbocycles. The highest BCUT2D eigenvalue weighted by Crippen LogP contribution is 2.49. The van der Waals surface area contributed by atoms with E-state index in [9.17, 15) is 10.1 Å². The Morgan fingerprint density at radius 2 is 2.12 bits per heavy atom. The minimum absolute atomic E-state index is 0.0253. The molecule has 2 aromatic rings. The van der Waals surface area contributed by atoms with Gasteiger partial charge in [-0.2, -0.15) is 0 Å². The number of ether oxygens (including phenoxy) is 1. The number of hydrogen-bond acceptors (Lipinski definition) is 4. The smallest absolute Gasteiger partial charge is 0.270 e. The lowest BCUT2D eigenvalue weighted by Gasteiger charge is -2.56. The summed E-state index contributed by atoms with van der Waals surface area (Å²) in [6.45, 7) is 4.02. The van der Waals surface area contributed by atoms with Gasteiger partial charge in [-0.3, -0.25) is 15.0 Å². The van der Waals surface area contributed by atoms with Crippen molar-refractivity contribution in [1.29, 1.82) is 0 Å². The Morgan fingerprint density at radius 3 is 2.81 bits per heavy atom. The Labute approximate surface area is 160 Å². The molecule has 2 aliphatic heterocycles. The molecular formula is C18H16ClN3O3S. The molecule has 0 aromatic heterocycles. The number of rotatable bonds is 2. The molecule has 1 fully saturated rings. The summed E-state index contributed by atoms with van der Waals surface area (Å²) in [7, 11) is 0. The Bertz CT molecular complexity index is 938. The van der Waals surface area contributed by atoms with E-state index in [1.807, 2.05) is 36.9 Å². The molecule has 4 rings (SSSR count). The molecule has 8 heteroatoms. The van der Waals surface area contributed by atoms with E-state index in [2.05, 4.69) is 5.32 Å². The van der Waals surface area contributed by atoms with Crippen LogP contribution in [0.1, 0.15) is 25.5 Å². The summed E-state index contributed by atoms with van der Waals surface area (Å²) in [6, 6.07) is 11.9. The second-order valence-electron chi connectivity index (χ2n) is 6.67. The van der Waals surface area contributed by atoms with Crippen molar-refractivity contribution in [3.05, 3.63) is 63.2 Å². The van der Waals surface area contributed by atoms with Gasteiger partial charge >= 0.3 is 0 Å². The maximum atomic E-state index is 11.1. The van der Waals surface area contributed by atoms with E-state index in [1.54, 1.807) is 18.2 Å². The average Bonchev–Trinajstić information content (AvgIpc) is 2.57. The molecule has 0 unspecified atom stereocenters. The minimum atomic E-state index is -0.749. The number of benzene rings is 2. The van der Waals surface area contributed by atoms with Crippen molar-refractivity contribution in [2.75, 3.05) is 4.90 Å². The fourth-order valence-electron chi connectivity index (χ4n) is 3.72. The van der Waals surface area contributed by atoms with Crippen LogP contribution >= 0.6 is 23.8 Å². The van der Waals surface area contributed by atoms with Gasteiger partial charge in [-0.15, -0.1) is 0 Å². The van der Waals surface area contributed by atoms with Crippen LogP contribution in [0.4, 0.5) is 11.4 Å². The first-order valence-electron chi connectivity index (χ1n) is 8.15. The van der Waals surface area contributed by atoms with E-state index in [4.69, 9.17) is 28.6 Å². The number of anilines is 1. The zero-order valence-corrected chi connectivity index (χ0v) is 15.7. The molecule has 2 heterocycles. The largest absolute Gasteiger partial charge is 0.467 e. The summed E-state index contributed by atoms with van der Waals surface area (Å²) in [6.07, 6.45) is 0. The molecule has 0 radical (unpaired) electrons. The summed E-state index contributed by atoms with van der Waals surface area (Å²) in [5, 5.41) is 15.6. The molecule has 3 atom stereocenters. The number of nitrogens with zero attached hydrogens (tertiary/aromatic N) is 2. The number of thiocarbonyl (C=S) groups is 1. The first-order valence-corrected chi connectivity index (χ1v) is 8.93. The Hall–Kier alpha value is -2.38. The molecule has 6 nitrogen and oxygen atoms in total. The third-order valence-corrected chi connectivity index (χ3v) is 5.73. The zero-order valence-electron chi connectivity index (χ0n) is 14.1. The third-order valence-electron chi connectivity index (χ3n) is 5.19. The van der Waals surface area contributed by atoms with E-state index in [-0.39, 0.29) is 17.6 Å². The molecule has 26 heavy (non-hydrogen) atoms. The highest BCUT2D eigenvalue weighted by molar-refractivity contribution is 7.80. The Balaban J connectivity index is 1.84. The molecule has 2 aromatic carbocycles. The van der Waals surface area contributed by atoms with Crippen LogP contribution in [-0.4, -0.2) is 15.8 Å². The molecule has 2 aliphatic rings. The van der Waals surface area contributed by atoms with Gasteiger partial charge in [-0.05, 0) is 43.4 Å². The molecule has 1 N–H and O–H groups in total. The van der Waals surface area contributed by atoms with Crippen molar-refractivity contribution >= 4 is 40.3 Å². The SMILES string of the molecule is C[C@@H]1[C@@H]2NC(=S)N(c3cccc(Cl)c3)[C@]1(C)Oc1ccc([N+](=O)[O-])cc12. The fraction of sp³-hybridized carbons (Fsp3) is 0.278. The van der Waals surface area contributed by atoms with Crippen molar-refractivity contribution < 1.29 is 9.66 Å². The van der Waals surface area contributed by atoms with Gasteiger partial charge in [0, 0.05) is 34.3 Å². The standard InChI is InChI=1S/C18H16ClN3O3S/c1-10-16-14-9-13(22(23)24)6-7-15(14)25-18(10,2)21(17(26)20-16)12-5-3-4-11(19)8-12/h3-10,16H,1-2H3,(H,20,26)/t10-,16+,18-/m1/s1. The first-order chi connectivity index (χ1) is 12.3. The highest BCUT2D eigenvalue weighted by atomic mass is 35.5. The van der Waals surface area contributed by atoms with E-state index in [1.165, 1.54) is 6.07 Å². The summed E-state index contributed by atoms with van der Waals surface area (Å²) in [4.78, 5) is 12.6. The van der Waals surface area contributed by atoms with E-state index < -0.39 is 10.6 Å². The van der Waals surface area contributed by atoms with Gasteiger partial charge < -0.3 is 10.1 Å². The van der Waals surface area contributed by atoms with Crippen LogP contribution in [0.5, 0.6) is 5.75 Å². The van der Waals surface area contributed by atoms with Crippen LogP contribution in [0.3, 0.4) is 0 Å². The lowest BCUT2D eigenvalue weighted by Crippen LogP contribution is -2.69. The normalized spacial score (nSPS) is 26.6. The van der Waals surface area contributed by atoms with E-state index in [0.717, 1.165) is 11.3 Å². The van der Waals surface area contributed by atoms with Crippen molar-refractivity contribution in [3.8, 4) is 5.75 Å². The van der Waals surface area contributed by atoms with Gasteiger partial charge in [0.15, 0.2) is 10.8 Å². The molecule has 2 bridgehead atoms. The van der Waals surface area contributed by atoms with Crippen LogP contribution in [0.15, 0.2) is 42.5 Å². The monoisotopic (exact) mass is 389 g/mol. The Morgan fingerprint density at radius 1 is 1.35 bits per heavy atom. The van der Waals surface area contributed by atoms with Crippen molar-refractivity contribution in [2.24, 2.45) is 5.92 Å². The number of hydrogen-bond donors (Lipinski definition) is 1. The van der Waals surface area contributed by atoms with Gasteiger partial charge in [-0.25, -0.2) is 0 Å². The Kier molecular flexibility index (Phi) is 3.82. The van der Waals surface area contributed by atoms with Gasteiger partial charge in [0.1, 0.15) is 5.75 Å². The maximum absolute atomic E-state index is 11.1. The zero-order chi connectivity index (χ0) is 18.6. The lowest BCUT2D eigenvalue weighted by molar-refractivity contribution is -0.385. The number of nitrogens with one attached hydrogen (secondary N) is 1. The number of non-ortho nitro benzene ring substituents is 1. The fourth-order valence-corrected chi connectivity index (χ4v) is 4.32. The molecule has 0 saturated carbocycles. The van der Waals surface area contributed by atoms with Crippen LogP contribution in [0.2, 0.25) is 5.02 Å². The number of halogens is 1. The summed E-state index contributed by atoms with van der Waals surface area (Å²) < 4.78 is 6.35. The van der Waals surface area contributed by atoms with Crippen molar-refractivity contribution in [3.63, 3.8) is 0 Å². The van der Waals surface area contributed by atoms with Crippen LogP contribution < -0.4 is 15.0 Å². The molecular weight excluding hydrogens is 374 g/mol. The maximum Gasteiger partial charge on any atom is 0.270 e. The van der Waals surface area contributed by atoms with Crippen molar-refractivity contribution in [2.45, 2.75) is 25.6 Å². The summed E-state index contributed by atoms with van der Waals surface area (Å²) in [5.74, 6) is 0.589. The molecule has 1 saturated heterocycles. The topological polar surface area (TPSA) is 67.6 Å². The average molecular weight is 390 g/mol. The van der Waals surface area contributed by atoms with Gasteiger partial charge in [0.05, 0.1) is 11.0 Å². The predicted octanol–water partition coefficient (Wildman–Crippen LogP) is 4.43. The molecule has 134 valence electrons. The molecule has 0 amide bonds. The van der Waals surface area contributed by atoms with Gasteiger partial charge in [-0.1, -0.05) is 24.6 Å². The van der Waals surface area contributed by atoms with Crippen LogP contribution in [-0.2, 0) is 0 Å². The molecule has 0 spiro atoms. The number of nitro groups is 1. The predicted molar refractivity (Wildman–Crippen MR) is 104 cm³/mol. The number of nitro benzene ring substituents is 1. The highest BCUT2D eigenvalue weighted by Gasteiger charge is 2.54.